The molecule has 31 heavy (non-hydrogen) atoms. The summed E-state index contributed by atoms with van der Waals surface area (Å²) >= 11 is 1.07. The van der Waals surface area contributed by atoms with Crippen molar-refractivity contribution in [1.29, 1.82) is 0 Å². The van der Waals surface area contributed by atoms with E-state index < -0.39 is 0 Å². The number of hydrogen-bond donors (Lipinski definition) is 0. The topological polar surface area (TPSA) is 45.6 Å². The molecule has 0 spiro atoms. The molecule has 1 aromatic heterocycles. The van der Waals surface area contributed by atoms with E-state index in [0.29, 0.717) is 17.4 Å². The number of aromatic nitrogens is 1. The van der Waals surface area contributed by atoms with Crippen molar-refractivity contribution < 1.29 is 9.59 Å². The maximum atomic E-state index is 13.0. The summed E-state index contributed by atoms with van der Waals surface area (Å²) < 4.78 is 2.19. The van der Waals surface area contributed by atoms with Crippen molar-refractivity contribution in [2.75, 3.05) is 25.5 Å². The standard InChI is InChI=1S/C25H31N3O2S/c1-17-14-20(18(2)28(17)22-12-10-21(11-13-22)26(3)4)15-23-24(29)27(25(30)31-23)16-19-8-6-5-7-9-19/h10-15,19H,5-9,16H2,1-4H3/b23-15+. The van der Waals surface area contributed by atoms with Crippen LogP contribution in [-0.4, -0.2) is 41.3 Å². The zero-order valence-corrected chi connectivity index (χ0v) is 19.7. The van der Waals surface area contributed by atoms with Gasteiger partial charge in [-0.3, -0.25) is 14.5 Å². The van der Waals surface area contributed by atoms with Crippen LogP contribution in [0.3, 0.4) is 0 Å². The number of hydrogen-bond acceptors (Lipinski definition) is 4. The minimum absolute atomic E-state index is 0.130. The Labute approximate surface area is 189 Å². The van der Waals surface area contributed by atoms with E-state index >= 15 is 0 Å². The first-order valence-corrected chi connectivity index (χ1v) is 11.9. The van der Waals surface area contributed by atoms with E-state index in [4.69, 9.17) is 0 Å². The van der Waals surface area contributed by atoms with Gasteiger partial charge in [-0.25, -0.2) is 0 Å². The van der Waals surface area contributed by atoms with Crippen LogP contribution in [0.15, 0.2) is 35.2 Å². The third-order valence-electron chi connectivity index (χ3n) is 6.42. The molecule has 1 aliphatic heterocycles. The first-order chi connectivity index (χ1) is 14.8. The molecule has 1 saturated carbocycles. The summed E-state index contributed by atoms with van der Waals surface area (Å²) in [5.41, 5.74) is 5.39. The Bertz CT molecular complexity index is 1010. The number of nitrogens with zero attached hydrogens (tertiary/aromatic N) is 3. The van der Waals surface area contributed by atoms with Crippen molar-refractivity contribution in [3.8, 4) is 5.69 Å². The molecule has 6 heteroatoms. The van der Waals surface area contributed by atoms with Crippen LogP contribution in [0.25, 0.3) is 11.8 Å². The summed E-state index contributed by atoms with van der Waals surface area (Å²) in [6.07, 6.45) is 7.81. The van der Waals surface area contributed by atoms with Gasteiger partial charge in [0, 0.05) is 43.4 Å². The smallest absolute Gasteiger partial charge is 0.293 e. The number of carbonyl (C=O) groups is 2. The summed E-state index contributed by atoms with van der Waals surface area (Å²) in [6.45, 7) is 4.70. The molecule has 1 saturated heterocycles. The van der Waals surface area contributed by atoms with Gasteiger partial charge in [-0.15, -0.1) is 0 Å². The van der Waals surface area contributed by atoms with Crippen LogP contribution >= 0.6 is 11.8 Å². The van der Waals surface area contributed by atoms with Crippen LogP contribution in [-0.2, 0) is 4.79 Å². The lowest BCUT2D eigenvalue weighted by atomic mass is 9.89. The molecular formula is C25H31N3O2S. The van der Waals surface area contributed by atoms with Gasteiger partial charge in [-0.2, -0.15) is 0 Å². The summed E-state index contributed by atoms with van der Waals surface area (Å²) in [4.78, 5) is 29.6. The molecule has 0 bridgehead atoms. The number of benzene rings is 1. The highest BCUT2D eigenvalue weighted by atomic mass is 32.2. The van der Waals surface area contributed by atoms with Gasteiger partial charge in [0.25, 0.3) is 11.1 Å². The summed E-state index contributed by atoms with van der Waals surface area (Å²) in [5.74, 6) is 0.317. The number of carbonyl (C=O) groups excluding carboxylic acids is 2. The van der Waals surface area contributed by atoms with Gasteiger partial charge in [0.15, 0.2) is 0 Å². The largest absolute Gasteiger partial charge is 0.378 e. The molecular weight excluding hydrogens is 406 g/mol. The number of aryl methyl sites for hydroxylation is 1. The van der Waals surface area contributed by atoms with Crippen LogP contribution in [0.4, 0.5) is 10.5 Å². The predicted octanol–water partition coefficient (Wildman–Crippen LogP) is 5.78. The average molecular weight is 438 g/mol. The monoisotopic (exact) mass is 437 g/mol. The molecule has 0 radical (unpaired) electrons. The normalized spacial score (nSPS) is 19.0. The van der Waals surface area contributed by atoms with Crippen LogP contribution < -0.4 is 4.90 Å². The molecule has 1 aliphatic carbocycles. The molecule has 0 unspecified atom stereocenters. The third kappa shape index (κ3) is 4.45. The first-order valence-electron chi connectivity index (χ1n) is 11.1. The second-order valence-corrected chi connectivity index (χ2v) is 9.86. The van der Waals surface area contributed by atoms with Crippen LogP contribution in [0.1, 0.15) is 49.1 Å². The number of amides is 2. The lowest BCUT2D eigenvalue weighted by molar-refractivity contribution is -0.123. The molecule has 164 valence electrons. The lowest BCUT2D eigenvalue weighted by Crippen LogP contribution is -2.34. The van der Waals surface area contributed by atoms with Crippen LogP contribution in [0.2, 0.25) is 0 Å². The minimum atomic E-state index is -0.138. The Morgan fingerprint density at radius 2 is 1.74 bits per heavy atom. The van der Waals surface area contributed by atoms with Crippen molar-refractivity contribution in [1.82, 2.24) is 9.47 Å². The fourth-order valence-corrected chi connectivity index (χ4v) is 5.50. The Morgan fingerprint density at radius 1 is 1.06 bits per heavy atom. The Hall–Kier alpha value is -2.47. The van der Waals surface area contributed by atoms with E-state index in [9.17, 15) is 9.59 Å². The zero-order chi connectivity index (χ0) is 22.1. The van der Waals surface area contributed by atoms with Crippen molar-refractivity contribution in [2.45, 2.75) is 46.0 Å². The summed E-state index contributed by atoms with van der Waals surface area (Å²) in [6, 6.07) is 10.5. The highest BCUT2D eigenvalue weighted by molar-refractivity contribution is 8.18. The molecule has 2 amide bonds. The molecule has 2 aliphatic rings. The van der Waals surface area contributed by atoms with Crippen molar-refractivity contribution in [3.63, 3.8) is 0 Å². The molecule has 5 nitrogen and oxygen atoms in total. The van der Waals surface area contributed by atoms with E-state index in [1.807, 2.05) is 20.2 Å². The Morgan fingerprint density at radius 3 is 2.39 bits per heavy atom. The molecule has 2 aromatic rings. The molecule has 0 atom stereocenters. The molecule has 4 rings (SSSR count). The second-order valence-electron chi connectivity index (χ2n) is 8.87. The molecule has 2 fully saturated rings. The van der Waals surface area contributed by atoms with Gasteiger partial charge in [0.1, 0.15) is 0 Å². The number of thioether (sulfide) groups is 1. The van der Waals surface area contributed by atoms with Crippen molar-refractivity contribution >= 4 is 34.7 Å². The first kappa shape index (κ1) is 21.8. The highest BCUT2D eigenvalue weighted by Crippen LogP contribution is 2.36. The van der Waals surface area contributed by atoms with Gasteiger partial charge < -0.3 is 9.47 Å². The quantitative estimate of drug-likeness (QED) is 0.557. The summed E-state index contributed by atoms with van der Waals surface area (Å²) in [7, 11) is 4.06. The van der Waals surface area contributed by atoms with Crippen LogP contribution in [0, 0.1) is 19.8 Å². The van der Waals surface area contributed by atoms with Gasteiger partial charge in [0.2, 0.25) is 0 Å². The fraction of sp³-hybridized carbons (Fsp3) is 0.440. The molecule has 2 heterocycles. The van der Waals surface area contributed by atoms with E-state index in [1.54, 1.807) is 0 Å². The zero-order valence-electron chi connectivity index (χ0n) is 18.9. The van der Waals surface area contributed by atoms with Crippen molar-refractivity contribution in [2.24, 2.45) is 5.92 Å². The SMILES string of the molecule is Cc1cc(/C=C2/SC(=O)N(CC3CCCCC3)C2=O)c(C)n1-c1ccc(N(C)C)cc1. The Kier molecular flexibility index (Phi) is 6.28. The maximum Gasteiger partial charge on any atom is 0.293 e. The van der Waals surface area contributed by atoms with E-state index in [1.165, 1.54) is 24.2 Å². The van der Waals surface area contributed by atoms with Gasteiger partial charge in [-0.05, 0) is 86.3 Å². The number of anilines is 1. The van der Waals surface area contributed by atoms with E-state index in [2.05, 4.69) is 53.6 Å². The van der Waals surface area contributed by atoms with Gasteiger partial charge in [-0.1, -0.05) is 19.3 Å². The molecule has 0 N–H and O–H groups in total. The van der Waals surface area contributed by atoms with E-state index in [0.717, 1.165) is 52.9 Å². The van der Waals surface area contributed by atoms with Gasteiger partial charge in [0.05, 0.1) is 4.91 Å². The van der Waals surface area contributed by atoms with Crippen molar-refractivity contribution in [3.05, 3.63) is 52.2 Å². The molecule has 1 aromatic carbocycles. The average Bonchev–Trinajstić information content (AvgIpc) is 3.18. The number of rotatable bonds is 5. The van der Waals surface area contributed by atoms with Gasteiger partial charge >= 0.3 is 0 Å². The second kappa shape index (κ2) is 8.95. The van der Waals surface area contributed by atoms with Crippen LogP contribution in [0.5, 0.6) is 0 Å². The number of imide groups is 1. The fourth-order valence-electron chi connectivity index (χ4n) is 4.66. The predicted molar refractivity (Wildman–Crippen MR) is 129 cm³/mol. The van der Waals surface area contributed by atoms with E-state index in [-0.39, 0.29) is 11.1 Å². The minimum Gasteiger partial charge on any atom is -0.378 e. The maximum absolute atomic E-state index is 13.0. The third-order valence-corrected chi connectivity index (χ3v) is 7.33. The lowest BCUT2D eigenvalue weighted by Gasteiger charge is -2.25. The Balaban J connectivity index is 1.57. The summed E-state index contributed by atoms with van der Waals surface area (Å²) in [5, 5.41) is -0.130. The highest BCUT2D eigenvalue weighted by Gasteiger charge is 2.36.